The maximum atomic E-state index is 11.9. The number of rotatable bonds is 1. The molecule has 0 aromatic heterocycles. The van der Waals surface area contributed by atoms with Gasteiger partial charge in [-0.1, -0.05) is 20.4 Å². The van der Waals surface area contributed by atoms with Crippen molar-refractivity contribution in [2.75, 3.05) is 0 Å². The molecule has 2 aliphatic rings. The van der Waals surface area contributed by atoms with Crippen molar-refractivity contribution in [3.8, 4) is 0 Å². The van der Waals surface area contributed by atoms with Crippen LogP contribution < -0.4 is 5.32 Å². The van der Waals surface area contributed by atoms with Crippen LogP contribution in [0.1, 0.15) is 46.0 Å². The summed E-state index contributed by atoms with van der Waals surface area (Å²) in [5, 5.41) is 2.89. The minimum Gasteiger partial charge on any atom is -0.330 e. The molecule has 0 atom stereocenters. The highest BCUT2D eigenvalue weighted by atomic mass is 16.2. The van der Waals surface area contributed by atoms with Crippen LogP contribution in [0.5, 0.6) is 0 Å². The molecule has 0 unspecified atom stereocenters. The van der Waals surface area contributed by atoms with Crippen LogP contribution in [-0.4, -0.2) is 5.91 Å². The fourth-order valence-electron chi connectivity index (χ4n) is 3.09. The molecule has 1 saturated carbocycles. The van der Waals surface area contributed by atoms with E-state index < -0.39 is 0 Å². The molecule has 1 spiro atoms. The van der Waals surface area contributed by atoms with Crippen molar-refractivity contribution in [1.82, 2.24) is 5.32 Å². The van der Waals surface area contributed by atoms with Gasteiger partial charge in [-0.25, -0.2) is 0 Å². The van der Waals surface area contributed by atoms with E-state index in [0.717, 1.165) is 36.8 Å². The smallest absolute Gasteiger partial charge is 0.230 e. The van der Waals surface area contributed by atoms with Gasteiger partial charge in [-0.15, -0.1) is 0 Å². The van der Waals surface area contributed by atoms with E-state index >= 15 is 0 Å². The minimum absolute atomic E-state index is 0.0809. The minimum atomic E-state index is -0.0809. The van der Waals surface area contributed by atoms with Crippen molar-refractivity contribution < 1.29 is 4.79 Å². The second-order valence-corrected chi connectivity index (χ2v) is 5.60. The van der Waals surface area contributed by atoms with Crippen LogP contribution in [0.25, 0.3) is 0 Å². The Bertz CT molecular complexity index is 285. The van der Waals surface area contributed by atoms with E-state index in [1.165, 1.54) is 12.8 Å². The molecule has 1 aliphatic carbocycles. The standard InChI is InChI=1S/C13H21NO/c1-9(2)11-4-6-13(7-5-11)8-10(3)14-12(13)15/h9,11H,3-8H2,1-2H3,(H,14,15)/t11-,13+. The van der Waals surface area contributed by atoms with Crippen molar-refractivity contribution in [2.45, 2.75) is 46.0 Å². The van der Waals surface area contributed by atoms with E-state index in [4.69, 9.17) is 0 Å². The third kappa shape index (κ3) is 1.82. The summed E-state index contributed by atoms with van der Waals surface area (Å²) in [5.41, 5.74) is 0.839. The van der Waals surface area contributed by atoms with Crippen LogP contribution in [-0.2, 0) is 4.79 Å². The zero-order valence-electron chi connectivity index (χ0n) is 9.81. The Morgan fingerprint density at radius 2 is 2.00 bits per heavy atom. The predicted octanol–water partition coefficient (Wildman–Crippen LogP) is 2.85. The molecular formula is C13H21NO. The maximum absolute atomic E-state index is 11.9. The number of nitrogens with one attached hydrogen (secondary N) is 1. The number of amides is 1. The van der Waals surface area contributed by atoms with Crippen LogP contribution in [0.15, 0.2) is 12.3 Å². The lowest BCUT2D eigenvalue weighted by atomic mass is 9.67. The first kappa shape index (κ1) is 10.7. The van der Waals surface area contributed by atoms with Gasteiger partial charge in [0.15, 0.2) is 0 Å². The summed E-state index contributed by atoms with van der Waals surface area (Å²) in [6.07, 6.45) is 5.40. The Balaban J connectivity index is 2.03. The zero-order chi connectivity index (χ0) is 11.1. The van der Waals surface area contributed by atoms with Crippen LogP contribution in [0, 0.1) is 17.3 Å². The lowest BCUT2D eigenvalue weighted by Crippen LogP contribution is -2.35. The SMILES string of the molecule is C=C1C[C@]2(CC[C@H](C(C)C)CC2)C(=O)N1. The highest BCUT2D eigenvalue weighted by molar-refractivity contribution is 5.87. The van der Waals surface area contributed by atoms with Gasteiger partial charge in [-0.05, 0) is 37.5 Å². The van der Waals surface area contributed by atoms with Crippen LogP contribution in [0.4, 0.5) is 0 Å². The van der Waals surface area contributed by atoms with E-state index in [1.807, 2.05) is 0 Å². The van der Waals surface area contributed by atoms with Gasteiger partial charge in [0.05, 0.1) is 5.41 Å². The second kappa shape index (κ2) is 3.66. The number of hydrogen-bond donors (Lipinski definition) is 1. The molecule has 1 aliphatic heterocycles. The number of hydrogen-bond acceptors (Lipinski definition) is 1. The topological polar surface area (TPSA) is 29.1 Å². The molecule has 2 rings (SSSR count). The normalized spacial score (nSPS) is 36.3. The van der Waals surface area contributed by atoms with Gasteiger partial charge in [0.25, 0.3) is 0 Å². The summed E-state index contributed by atoms with van der Waals surface area (Å²) in [6, 6.07) is 0. The van der Waals surface area contributed by atoms with E-state index in [1.54, 1.807) is 0 Å². The Labute approximate surface area is 92.1 Å². The first-order valence-electron chi connectivity index (χ1n) is 6.03. The molecule has 0 aromatic carbocycles. The highest BCUT2D eigenvalue weighted by Gasteiger charge is 2.46. The Hall–Kier alpha value is -0.790. The molecule has 1 heterocycles. The average molecular weight is 207 g/mol. The van der Waals surface area contributed by atoms with Crippen molar-refractivity contribution in [3.05, 3.63) is 12.3 Å². The third-order valence-corrected chi connectivity index (χ3v) is 4.25. The van der Waals surface area contributed by atoms with Gasteiger partial charge in [-0.3, -0.25) is 4.79 Å². The molecule has 2 fully saturated rings. The molecule has 0 radical (unpaired) electrons. The summed E-state index contributed by atoms with van der Waals surface area (Å²) >= 11 is 0. The summed E-state index contributed by atoms with van der Waals surface area (Å²) in [5.74, 6) is 1.81. The average Bonchev–Trinajstić information content (AvgIpc) is 2.42. The molecule has 0 aromatic rings. The largest absolute Gasteiger partial charge is 0.330 e. The van der Waals surface area contributed by atoms with Crippen LogP contribution in [0.3, 0.4) is 0 Å². The third-order valence-electron chi connectivity index (χ3n) is 4.25. The molecule has 1 saturated heterocycles. The van der Waals surface area contributed by atoms with Gasteiger partial charge < -0.3 is 5.32 Å². The Kier molecular flexibility index (Phi) is 2.61. The monoisotopic (exact) mass is 207 g/mol. The van der Waals surface area contributed by atoms with Gasteiger partial charge >= 0.3 is 0 Å². The molecule has 15 heavy (non-hydrogen) atoms. The maximum Gasteiger partial charge on any atom is 0.230 e. The van der Waals surface area contributed by atoms with Gasteiger partial charge in [0.2, 0.25) is 5.91 Å². The number of allylic oxidation sites excluding steroid dienone is 1. The zero-order valence-corrected chi connectivity index (χ0v) is 9.81. The van der Waals surface area contributed by atoms with Gasteiger partial charge in [-0.2, -0.15) is 0 Å². The quantitative estimate of drug-likeness (QED) is 0.704. The Morgan fingerprint density at radius 3 is 2.40 bits per heavy atom. The molecule has 0 bridgehead atoms. The lowest BCUT2D eigenvalue weighted by Gasteiger charge is -2.36. The van der Waals surface area contributed by atoms with Gasteiger partial charge in [0, 0.05) is 12.1 Å². The van der Waals surface area contributed by atoms with E-state index in [2.05, 4.69) is 25.7 Å². The van der Waals surface area contributed by atoms with Crippen LogP contribution >= 0.6 is 0 Å². The Morgan fingerprint density at radius 1 is 1.40 bits per heavy atom. The van der Waals surface area contributed by atoms with Crippen molar-refractivity contribution in [2.24, 2.45) is 17.3 Å². The molecule has 2 nitrogen and oxygen atoms in total. The fourth-order valence-corrected chi connectivity index (χ4v) is 3.09. The summed E-state index contributed by atoms with van der Waals surface area (Å²) in [4.78, 5) is 11.9. The summed E-state index contributed by atoms with van der Waals surface area (Å²) < 4.78 is 0. The first-order valence-corrected chi connectivity index (χ1v) is 6.03. The molecule has 1 amide bonds. The van der Waals surface area contributed by atoms with E-state index in [0.29, 0.717) is 0 Å². The second-order valence-electron chi connectivity index (χ2n) is 5.60. The molecular weight excluding hydrogens is 186 g/mol. The molecule has 84 valence electrons. The van der Waals surface area contributed by atoms with Crippen molar-refractivity contribution >= 4 is 5.91 Å². The number of carbonyl (C=O) groups is 1. The highest BCUT2D eigenvalue weighted by Crippen LogP contribution is 2.47. The van der Waals surface area contributed by atoms with E-state index in [9.17, 15) is 4.79 Å². The predicted molar refractivity (Wildman–Crippen MR) is 61.1 cm³/mol. The van der Waals surface area contributed by atoms with Crippen LogP contribution in [0.2, 0.25) is 0 Å². The van der Waals surface area contributed by atoms with E-state index in [-0.39, 0.29) is 11.3 Å². The molecule has 2 heteroatoms. The number of carbonyl (C=O) groups excluding carboxylic acids is 1. The first-order chi connectivity index (χ1) is 7.03. The fraction of sp³-hybridized carbons (Fsp3) is 0.769. The summed E-state index contributed by atoms with van der Waals surface area (Å²) in [6.45, 7) is 8.45. The van der Waals surface area contributed by atoms with Crippen molar-refractivity contribution in [1.29, 1.82) is 0 Å². The van der Waals surface area contributed by atoms with Crippen molar-refractivity contribution in [3.63, 3.8) is 0 Å². The lowest BCUT2D eigenvalue weighted by molar-refractivity contribution is -0.129. The van der Waals surface area contributed by atoms with Gasteiger partial charge in [0.1, 0.15) is 0 Å². The summed E-state index contributed by atoms with van der Waals surface area (Å²) in [7, 11) is 0. The molecule has 1 N–H and O–H groups in total.